The monoisotopic (exact) mass is 165 g/mol. The van der Waals surface area contributed by atoms with Gasteiger partial charge in [0, 0.05) is 5.41 Å². The van der Waals surface area contributed by atoms with E-state index in [1.165, 1.54) is 5.57 Å². The first-order valence-electron chi connectivity index (χ1n) is 4.20. The van der Waals surface area contributed by atoms with Crippen LogP contribution in [-0.4, -0.2) is 11.4 Å². The maximum atomic E-state index is 8.50. The van der Waals surface area contributed by atoms with Gasteiger partial charge >= 0.3 is 0 Å². The summed E-state index contributed by atoms with van der Waals surface area (Å²) in [6.45, 7) is 5.88. The van der Waals surface area contributed by atoms with Gasteiger partial charge in [-0.25, -0.2) is 0 Å². The third-order valence-electron chi connectivity index (χ3n) is 2.43. The Hall–Kier alpha value is -1.05. The average Bonchev–Trinajstić information content (AvgIpc) is 2.05. The number of allylic oxidation sites excluding steroid dienone is 3. The van der Waals surface area contributed by atoms with Gasteiger partial charge < -0.3 is 5.21 Å². The Bertz CT molecular complexity index is 230. The van der Waals surface area contributed by atoms with Crippen LogP contribution in [-0.2, 0) is 0 Å². The molecule has 1 aliphatic rings. The van der Waals surface area contributed by atoms with E-state index < -0.39 is 0 Å². The van der Waals surface area contributed by atoms with Crippen molar-refractivity contribution in [3.8, 4) is 0 Å². The topological polar surface area (TPSA) is 32.6 Å². The van der Waals surface area contributed by atoms with E-state index in [1.807, 2.05) is 6.08 Å². The Morgan fingerprint density at radius 2 is 2.50 bits per heavy atom. The van der Waals surface area contributed by atoms with Crippen molar-refractivity contribution in [2.75, 3.05) is 0 Å². The minimum Gasteiger partial charge on any atom is -0.411 e. The Morgan fingerprint density at radius 3 is 3.00 bits per heavy atom. The molecule has 12 heavy (non-hydrogen) atoms. The fraction of sp³-hybridized carbons (Fsp3) is 0.500. The molecule has 0 saturated heterocycles. The summed E-state index contributed by atoms with van der Waals surface area (Å²) in [6.07, 6.45) is 8.68. The van der Waals surface area contributed by atoms with Crippen molar-refractivity contribution in [2.24, 2.45) is 10.6 Å². The Kier molecular flexibility index (Phi) is 2.69. The molecule has 0 aliphatic heterocycles. The second-order valence-electron chi connectivity index (χ2n) is 3.45. The van der Waals surface area contributed by atoms with Crippen molar-refractivity contribution < 1.29 is 5.21 Å². The van der Waals surface area contributed by atoms with Crippen LogP contribution in [0, 0.1) is 5.41 Å². The van der Waals surface area contributed by atoms with Gasteiger partial charge in [-0.1, -0.05) is 17.7 Å². The number of hydrogen-bond acceptors (Lipinski definition) is 2. The van der Waals surface area contributed by atoms with E-state index >= 15 is 0 Å². The fourth-order valence-electron chi connectivity index (χ4n) is 1.72. The molecule has 1 unspecified atom stereocenters. The van der Waals surface area contributed by atoms with Gasteiger partial charge in [-0.15, -0.1) is 11.7 Å². The van der Waals surface area contributed by atoms with Crippen LogP contribution < -0.4 is 0 Å². The quantitative estimate of drug-likeness (QED) is 0.290. The van der Waals surface area contributed by atoms with Crippen molar-refractivity contribution in [1.82, 2.24) is 0 Å². The molecule has 0 heterocycles. The standard InChI is InChI=1S/C10H15NO/c1-3-10(8-11-12)6-4-5-9(2)7-10/h3,5,8,12H,1,4,6-7H2,2H3. The van der Waals surface area contributed by atoms with Crippen LogP contribution in [0.5, 0.6) is 0 Å². The van der Waals surface area contributed by atoms with Crippen molar-refractivity contribution in [1.29, 1.82) is 0 Å². The van der Waals surface area contributed by atoms with Gasteiger partial charge in [0.05, 0.1) is 6.21 Å². The molecule has 0 spiro atoms. The summed E-state index contributed by atoms with van der Waals surface area (Å²) in [4.78, 5) is 0. The second-order valence-corrected chi connectivity index (χ2v) is 3.45. The first-order chi connectivity index (χ1) is 5.72. The molecule has 0 saturated carbocycles. The van der Waals surface area contributed by atoms with Crippen LogP contribution in [0.4, 0.5) is 0 Å². The first kappa shape index (κ1) is 9.04. The predicted octanol–water partition coefficient (Wildman–Crippen LogP) is 2.75. The summed E-state index contributed by atoms with van der Waals surface area (Å²) in [7, 11) is 0. The minimum atomic E-state index is -0.104. The number of hydrogen-bond donors (Lipinski definition) is 1. The molecule has 1 aliphatic carbocycles. The summed E-state index contributed by atoms with van der Waals surface area (Å²) in [5.74, 6) is 0. The van der Waals surface area contributed by atoms with E-state index in [1.54, 1.807) is 6.21 Å². The summed E-state index contributed by atoms with van der Waals surface area (Å²) in [5, 5.41) is 11.6. The molecule has 2 nitrogen and oxygen atoms in total. The van der Waals surface area contributed by atoms with E-state index in [2.05, 4.69) is 24.7 Å². The highest BCUT2D eigenvalue weighted by atomic mass is 16.4. The second kappa shape index (κ2) is 3.57. The molecule has 0 bridgehead atoms. The van der Waals surface area contributed by atoms with E-state index in [4.69, 9.17) is 5.21 Å². The number of rotatable bonds is 2. The van der Waals surface area contributed by atoms with Crippen LogP contribution in [0.15, 0.2) is 29.5 Å². The van der Waals surface area contributed by atoms with Crippen molar-refractivity contribution in [3.63, 3.8) is 0 Å². The highest BCUT2D eigenvalue weighted by Crippen LogP contribution is 2.35. The van der Waals surface area contributed by atoms with Crippen molar-refractivity contribution >= 4 is 6.21 Å². The highest BCUT2D eigenvalue weighted by Gasteiger charge is 2.26. The van der Waals surface area contributed by atoms with Gasteiger partial charge in [0.15, 0.2) is 0 Å². The molecule has 2 heteroatoms. The minimum absolute atomic E-state index is 0.104. The number of oxime groups is 1. The molecule has 66 valence electrons. The lowest BCUT2D eigenvalue weighted by Gasteiger charge is -2.29. The lowest BCUT2D eigenvalue weighted by atomic mass is 9.75. The van der Waals surface area contributed by atoms with Crippen molar-refractivity contribution in [3.05, 3.63) is 24.3 Å². The first-order valence-corrected chi connectivity index (χ1v) is 4.20. The van der Waals surface area contributed by atoms with Gasteiger partial charge in [0.25, 0.3) is 0 Å². The van der Waals surface area contributed by atoms with E-state index in [0.717, 1.165) is 19.3 Å². The van der Waals surface area contributed by atoms with E-state index in [-0.39, 0.29) is 5.41 Å². The van der Waals surface area contributed by atoms with Crippen LogP contribution in [0.1, 0.15) is 26.2 Å². The molecule has 0 aromatic heterocycles. The zero-order chi connectivity index (χ0) is 9.03. The Labute approximate surface area is 73.3 Å². The lowest BCUT2D eigenvalue weighted by molar-refractivity contribution is 0.312. The maximum Gasteiger partial charge on any atom is 0.0538 e. The zero-order valence-corrected chi connectivity index (χ0v) is 7.45. The van der Waals surface area contributed by atoms with E-state index in [9.17, 15) is 0 Å². The molecule has 1 atom stereocenters. The van der Waals surface area contributed by atoms with Gasteiger partial charge in [-0.2, -0.15) is 0 Å². The summed E-state index contributed by atoms with van der Waals surface area (Å²) in [6, 6.07) is 0. The molecule has 0 aromatic rings. The zero-order valence-electron chi connectivity index (χ0n) is 7.45. The molecule has 0 aromatic carbocycles. The van der Waals surface area contributed by atoms with Crippen molar-refractivity contribution in [2.45, 2.75) is 26.2 Å². The van der Waals surface area contributed by atoms with Gasteiger partial charge in [-0.3, -0.25) is 0 Å². The summed E-state index contributed by atoms with van der Waals surface area (Å²) in [5.41, 5.74) is 1.24. The Morgan fingerprint density at radius 1 is 1.75 bits per heavy atom. The summed E-state index contributed by atoms with van der Waals surface area (Å²) < 4.78 is 0. The lowest BCUT2D eigenvalue weighted by Crippen LogP contribution is -2.22. The van der Waals surface area contributed by atoms with Crippen LogP contribution in [0.2, 0.25) is 0 Å². The smallest absolute Gasteiger partial charge is 0.0538 e. The van der Waals surface area contributed by atoms with Gasteiger partial charge in [0.2, 0.25) is 0 Å². The Balaban J connectivity index is 2.82. The highest BCUT2D eigenvalue weighted by molar-refractivity contribution is 5.68. The van der Waals surface area contributed by atoms with Gasteiger partial charge in [-0.05, 0) is 26.2 Å². The maximum absolute atomic E-state index is 8.50. The van der Waals surface area contributed by atoms with Gasteiger partial charge in [0.1, 0.15) is 0 Å². The van der Waals surface area contributed by atoms with Crippen LogP contribution in [0.25, 0.3) is 0 Å². The SMILES string of the molecule is C=CC1(C=NO)CCC=C(C)C1. The summed E-state index contributed by atoms with van der Waals surface area (Å²) >= 11 is 0. The predicted molar refractivity (Wildman–Crippen MR) is 50.5 cm³/mol. The molecule has 1 rings (SSSR count). The van der Waals surface area contributed by atoms with Crippen LogP contribution in [0.3, 0.4) is 0 Å². The van der Waals surface area contributed by atoms with Crippen LogP contribution >= 0.6 is 0 Å². The molecular weight excluding hydrogens is 150 g/mol. The molecular formula is C10H15NO. The fourth-order valence-corrected chi connectivity index (χ4v) is 1.72. The van der Waals surface area contributed by atoms with E-state index in [0.29, 0.717) is 0 Å². The molecule has 1 N–H and O–H groups in total. The molecule has 0 amide bonds. The largest absolute Gasteiger partial charge is 0.411 e. The average molecular weight is 165 g/mol. The third-order valence-corrected chi connectivity index (χ3v) is 2.43. The molecule has 0 fully saturated rings. The normalized spacial score (nSPS) is 30.2. The molecule has 0 radical (unpaired) electrons. The third kappa shape index (κ3) is 1.76. The number of nitrogens with zero attached hydrogens (tertiary/aromatic N) is 1.